The maximum Gasteiger partial charge on any atom is 0.239 e. The second-order valence-corrected chi connectivity index (χ2v) is 3.19. The highest BCUT2D eigenvalue weighted by molar-refractivity contribution is 5.86. The lowest BCUT2D eigenvalue weighted by Crippen LogP contribution is -2.44. The molecule has 7 nitrogen and oxygen atoms in total. The number of hydrogen-bond donors (Lipinski definition) is 3. The molecule has 0 aliphatic rings. The minimum atomic E-state index is -0.100. The summed E-state index contributed by atoms with van der Waals surface area (Å²) >= 11 is 0. The lowest BCUT2D eigenvalue weighted by molar-refractivity contribution is -0.120. The van der Waals surface area contributed by atoms with Gasteiger partial charge >= 0.3 is 0 Å². The highest BCUT2D eigenvalue weighted by Gasteiger charge is 2.02. The normalized spacial score (nSPS) is 11.1. The predicted octanol–water partition coefficient (Wildman–Crippen LogP) is -1.44. The van der Waals surface area contributed by atoms with Crippen molar-refractivity contribution in [2.75, 3.05) is 54.1 Å². The second-order valence-electron chi connectivity index (χ2n) is 3.19. The van der Waals surface area contributed by atoms with Crippen LogP contribution < -0.4 is 16.0 Å². The van der Waals surface area contributed by atoms with Gasteiger partial charge in [-0.15, -0.1) is 0 Å². The first kappa shape index (κ1) is 15.7. The molecule has 0 aliphatic carbocycles. The van der Waals surface area contributed by atoms with Gasteiger partial charge in [-0.25, -0.2) is 0 Å². The number of methoxy groups -OCH3 is 2. The number of carbonyl (C=O) groups is 1. The number of hydrogen-bond acceptors (Lipinski definition) is 4. The monoisotopic (exact) mass is 246 g/mol. The summed E-state index contributed by atoms with van der Waals surface area (Å²) in [6.45, 7) is 2.41. The second kappa shape index (κ2) is 11.2. The van der Waals surface area contributed by atoms with Gasteiger partial charge in [-0.1, -0.05) is 0 Å². The van der Waals surface area contributed by atoms with E-state index in [0.717, 1.165) is 0 Å². The lowest BCUT2D eigenvalue weighted by atomic mass is 10.5. The summed E-state index contributed by atoms with van der Waals surface area (Å²) in [6, 6.07) is 0. The standard InChI is InChI=1S/C10H22N4O3/c1-11-10(13-5-7-17-3)14-8-9(15)12-4-6-16-2/h4-8H2,1-3H3,(H,12,15)(H2,11,13,14). The SMILES string of the molecule is CN=C(NCCOC)NCC(=O)NCCOC. The molecule has 0 heterocycles. The molecular formula is C10H22N4O3. The van der Waals surface area contributed by atoms with Gasteiger partial charge < -0.3 is 25.4 Å². The lowest BCUT2D eigenvalue weighted by Gasteiger charge is -2.11. The quantitative estimate of drug-likeness (QED) is 0.277. The number of amides is 1. The number of aliphatic imine (C=N–C) groups is 1. The Morgan fingerprint density at radius 3 is 2.18 bits per heavy atom. The first-order chi connectivity index (χ1) is 8.24. The van der Waals surface area contributed by atoms with Gasteiger partial charge in [0.2, 0.25) is 5.91 Å². The predicted molar refractivity (Wildman–Crippen MR) is 66.1 cm³/mol. The van der Waals surface area contributed by atoms with Crippen LogP contribution >= 0.6 is 0 Å². The molecule has 0 radical (unpaired) electrons. The van der Waals surface area contributed by atoms with E-state index in [2.05, 4.69) is 20.9 Å². The van der Waals surface area contributed by atoms with Crippen molar-refractivity contribution >= 4 is 11.9 Å². The van der Waals surface area contributed by atoms with Crippen molar-refractivity contribution in [1.29, 1.82) is 0 Å². The molecular weight excluding hydrogens is 224 g/mol. The van der Waals surface area contributed by atoms with E-state index in [4.69, 9.17) is 9.47 Å². The summed E-state index contributed by atoms with van der Waals surface area (Å²) in [5.41, 5.74) is 0. The first-order valence-electron chi connectivity index (χ1n) is 5.43. The van der Waals surface area contributed by atoms with Crippen LogP contribution in [0.1, 0.15) is 0 Å². The fourth-order valence-corrected chi connectivity index (χ4v) is 1.01. The van der Waals surface area contributed by atoms with E-state index in [0.29, 0.717) is 32.3 Å². The average molecular weight is 246 g/mol. The van der Waals surface area contributed by atoms with Crippen LogP contribution in [0.15, 0.2) is 4.99 Å². The number of nitrogens with one attached hydrogen (secondary N) is 3. The Labute approximate surface area is 102 Å². The summed E-state index contributed by atoms with van der Waals surface area (Å²) in [7, 11) is 4.86. The molecule has 7 heteroatoms. The van der Waals surface area contributed by atoms with Crippen LogP contribution in [0.2, 0.25) is 0 Å². The van der Waals surface area contributed by atoms with Gasteiger partial charge in [0.15, 0.2) is 5.96 Å². The molecule has 0 spiro atoms. The maximum atomic E-state index is 11.3. The molecule has 0 aromatic heterocycles. The van der Waals surface area contributed by atoms with E-state index in [9.17, 15) is 4.79 Å². The average Bonchev–Trinajstić information content (AvgIpc) is 2.34. The summed E-state index contributed by atoms with van der Waals surface area (Å²) in [4.78, 5) is 15.3. The first-order valence-corrected chi connectivity index (χ1v) is 5.43. The van der Waals surface area contributed by atoms with Gasteiger partial charge in [0.1, 0.15) is 0 Å². The molecule has 0 atom stereocenters. The largest absolute Gasteiger partial charge is 0.383 e. The van der Waals surface area contributed by atoms with E-state index in [1.54, 1.807) is 21.3 Å². The van der Waals surface area contributed by atoms with Crippen LogP contribution in [0.25, 0.3) is 0 Å². The molecule has 0 aromatic rings. The molecule has 0 saturated heterocycles. The highest BCUT2D eigenvalue weighted by Crippen LogP contribution is 1.71. The molecule has 0 aromatic carbocycles. The van der Waals surface area contributed by atoms with Crippen molar-refractivity contribution < 1.29 is 14.3 Å². The Morgan fingerprint density at radius 2 is 1.65 bits per heavy atom. The van der Waals surface area contributed by atoms with Gasteiger partial charge in [0.05, 0.1) is 19.8 Å². The van der Waals surface area contributed by atoms with Crippen molar-refractivity contribution in [3.8, 4) is 0 Å². The van der Waals surface area contributed by atoms with Crippen molar-refractivity contribution in [2.24, 2.45) is 4.99 Å². The summed E-state index contributed by atoms with van der Waals surface area (Å²) in [5, 5.41) is 8.58. The minimum absolute atomic E-state index is 0.100. The number of guanidine groups is 1. The molecule has 1 amide bonds. The van der Waals surface area contributed by atoms with Crippen molar-refractivity contribution in [2.45, 2.75) is 0 Å². The van der Waals surface area contributed by atoms with E-state index in [1.807, 2.05) is 0 Å². The van der Waals surface area contributed by atoms with Crippen LogP contribution in [-0.4, -0.2) is 66.0 Å². The van der Waals surface area contributed by atoms with Gasteiger partial charge in [0, 0.05) is 34.4 Å². The zero-order chi connectivity index (χ0) is 12.9. The van der Waals surface area contributed by atoms with Crippen molar-refractivity contribution in [1.82, 2.24) is 16.0 Å². The number of carbonyl (C=O) groups excluding carboxylic acids is 1. The zero-order valence-corrected chi connectivity index (χ0v) is 10.7. The van der Waals surface area contributed by atoms with Gasteiger partial charge in [-0.05, 0) is 0 Å². The van der Waals surface area contributed by atoms with Gasteiger partial charge in [-0.2, -0.15) is 0 Å². The van der Waals surface area contributed by atoms with Crippen LogP contribution in [-0.2, 0) is 14.3 Å². The smallest absolute Gasteiger partial charge is 0.239 e. The number of ether oxygens (including phenoxy) is 2. The molecule has 17 heavy (non-hydrogen) atoms. The third-order valence-corrected chi connectivity index (χ3v) is 1.87. The topological polar surface area (TPSA) is 84.0 Å². The Bertz CT molecular complexity index is 234. The van der Waals surface area contributed by atoms with Crippen LogP contribution in [0.4, 0.5) is 0 Å². The Hall–Kier alpha value is -1.34. The van der Waals surface area contributed by atoms with E-state index >= 15 is 0 Å². The molecule has 0 fully saturated rings. The fourth-order valence-electron chi connectivity index (χ4n) is 1.01. The molecule has 0 saturated carbocycles. The van der Waals surface area contributed by atoms with Crippen LogP contribution in [0.3, 0.4) is 0 Å². The fraction of sp³-hybridized carbons (Fsp3) is 0.800. The maximum absolute atomic E-state index is 11.3. The Morgan fingerprint density at radius 1 is 1.06 bits per heavy atom. The zero-order valence-electron chi connectivity index (χ0n) is 10.7. The number of nitrogens with zero attached hydrogens (tertiary/aromatic N) is 1. The molecule has 100 valence electrons. The molecule has 0 unspecified atom stereocenters. The molecule has 3 N–H and O–H groups in total. The van der Waals surface area contributed by atoms with Crippen molar-refractivity contribution in [3.63, 3.8) is 0 Å². The third-order valence-electron chi connectivity index (χ3n) is 1.87. The Balaban J connectivity index is 3.64. The van der Waals surface area contributed by atoms with E-state index in [-0.39, 0.29) is 12.5 Å². The third kappa shape index (κ3) is 9.58. The Kier molecular flexibility index (Phi) is 10.3. The van der Waals surface area contributed by atoms with Crippen molar-refractivity contribution in [3.05, 3.63) is 0 Å². The van der Waals surface area contributed by atoms with Gasteiger partial charge in [0.25, 0.3) is 0 Å². The van der Waals surface area contributed by atoms with E-state index < -0.39 is 0 Å². The summed E-state index contributed by atoms with van der Waals surface area (Å²) in [6.07, 6.45) is 0. The summed E-state index contributed by atoms with van der Waals surface area (Å²) < 4.78 is 9.71. The van der Waals surface area contributed by atoms with Crippen LogP contribution in [0.5, 0.6) is 0 Å². The highest BCUT2D eigenvalue weighted by atomic mass is 16.5. The molecule has 0 aliphatic heterocycles. The van der Waals surface area contributed by atoms with E-state index in [1.165, 1.54) is 0 Å². The number of rotatable bonds is 8. The summed E-state index contributed by atoms with van der Waals surface area (Å²) in [5.74, 6) is 0.473. The minimum Gasteiger partial charge on any atom is -0.383 e. The van der Waals surface area contributed by atoms with Crippen LogP contribution in [0, 0.1) is 0 Å². The molecule has 0 bridgehead atoms. The van der Waals surface area contributed by atoms with Gasteiger partial charge in [-0.3, -0.25) is 9.79 Å². The molecule has 0 rings (SSSR count).